The first-order chi connectivity index (χ1) is 8.95. The molecule has 0 amide bonds. The summed E-state index contributed by atoms with van der Waals surface area (Å²) in [5, 5.41) is 9.86. The number of ether oxygens (including phenoxy) is 2. The summed E-state index contributed by atoms with van der Waals surface area (Å²) in [6.07, 6.45) is -0.689. The molecular weight excluding hydrogens is 314 g/mol. The van der Waals surface area contributed by atoms with Crippen molar-refractivity contribution in [2.24, 2.45) is 0 Å². The highest BCUT2D eigenvalue weighted by atomic mass is 35.5. The summed E-state index contributed by atoms with van der Waals surface area (Å²) in [4.78, 5) is 10.9. The van der Waals surface area contributed by atoms with Crippen LogP contribution in [0.15, 0.2) is 12.1 Å². The van der Waals surface area contributed by atoms with Crippen LogP contribution in [0.5, 0.6) is 5.75 Å². The number of carboxylic acids is 1. The van der Waals surface area contributed by atoms with Crippen LogP contribution in [0.1, 0.15) is 13.3 Å². The minimum atomic E-state index is -1.02. The maximum absolute atomic E-state index is 10.9. The van der Waals surface area contributed by atoms with Gasteiger partial charge in [-0.25, -0.2) is 4.79 Å². The molecule has 1 unspecified atom stereocenters. The molecule has 1 aromatic carbocycles. The molecule has 0 aliphatic rings. The van der Waals surface area contributed by atoms with Crippen LogP contribution in [0.2, 0.25) is 15.1 Å². The summed E-state index contributed by atoms with van der Waals surface area (Å²) in [6, 6.07) is 2.96. The van der Waals surface area contributed by atoms with Gasteiger partial charge < -0.3 is 14.6 Å². The van der Waals surface area contributed by atoms with Crippen molar-refractivity contribution in [1.82, 2.24) is 0 Å². The van der Waals surface area contributed by atoms with E-state index in [-0.39, 0.29) is 13.0 Å². The van der Waals surface area contributed by atoms with Crippen molar-refractivity contribution in [3.8, 4) is 5.75 Å². The Hall–Kier alpha value is -0.680. The van der Waals surface area contributed by atoms with Crippen LogP contribution < -0.4 is 4.74 Å². The van der Waals surface area contributed by atoms with Gasteiger partial charge in [-0.2, -0.15) is 0 Å². The van der Waals surface area contributed by atoms with Gasteiger partial charge in [-0.05, 0) is 13.0 Å². The lowest BCUT2D eigenvalue weighted by molar-refractivity contribution is -0.150. The number of benzene rings is 1. The van der Waals surface area contributed by atoms with Gasteiger partial charge >= 0.3 is 5.97 Å². The smallest absolute Gasteiger partial charge is 0.332 e. The van der Waals surface area contributed by atoms with Gasteiger partial charge in [0.2, 0.25) is 0 Å². The van der Waals surface area contributed by atoms with Crippen molar-refractivity contribution in [1.29, 1.82) is 0 Å². The van der Waals surface area contributed by atoms with Crippen molar-refractivity contribution in [2.75, 3.05) is 13.2 Å². The lowest BCUT2D eigenvalue weighted by Crippen LogP contribution is -2.26. The van der Waals surface area contributed by atoms with Crippen LogP contribution in [0.4, 0.5) is 0 Å². The van der Waals surface area contributed by atoms with Gasteiger partial charge in [0.25, 0.3) is 0 Å². The van der Waals surface area contributed by atoms with E-state index in [2.05, 4.69) is 0 Å². The summed E-state index contributed by atoms with van der Waals surface area (Å²) in [6.45, 7) is 2.20. The van der Waals surface area contributed by atoms with Crippen LogP contribution in [0, 0.1) is 0 Å². The van der Waals surface area contributed by atoms with Crippen molar-refractivity contribution < 1.29 is 19.4 Å². The lowest BCUT2D eigenvalue weighted by atomic mass is 10.2. The van der Waals surface area contributed by atoms with Gasteiger partial charge in [0.1, 0.15) is 5.75 Å². The molecule has 1 atom stereocenters. The van der Waals surface area contributed by atoms with E-state index >= 15 is 0 Å². The summed E-state index contributed by atoms with van der Waals surface area (Å²) >= 11 is 17.5. The molecule has 0 fully saturated rings. The molecular formula is C12H13Cl3O4. The Morgan fingerprint density at radius 2 is 1.89 bits per heavy atom. The van der Waals surface area contributed by atoms with Crippen LogP contribution in [-0.4, -0.2) is 30.4 Å². The molecule has 1 rings (SSSR count). The average Bonchev–Trinajstić information content (AvgIpc) is 2.34. The predicted octanol–water partition coefficient (Wildman–Crippen LogP) is 3.91. The number of hydrogen-bond acceptors (Lipinski definition) is 3. The Morgan fingerprint density at radius 1 is 1.26 bits per heavy atom. The van der Waals surface area contributed by atoms with Crippen LogP contribution >= 0.6 is 34.8 Å². The van der Waals surface area contributed by atoms with Gasteiger partial charge in [0.05, 0.1) is 21.7 Å². The number of carbonyl (C=O) groups is 1. The molecule has 0 heterocycles. The zero-order chi connectivity index (χ0) is 14.4. The summed E-state index contributed by atoms with van der Waals surface area (Å²) in [7, 11) is 0. The molecule has 0 aromatic heterocycles. The molecule has 0 bridgehead atoms. The van der Waals surface area contributed by atoms with Crippen molar-refractivity contribution in [3.63, 3.8) is 0 Å². The molecule has 19 heavy (non-hydrogen) atoms. The maximum atomic E-state index is 10.9. The van der Waals surface area contributed by atoms with Gasteiger partial charge in [-0.15, -0.1) is 0 Å². The fourth-order valence-electron chi connectivity index (χ4n) is 1.37. The first kappa shape index (κ1) is 16.4. The zero-order valence-corrected chi connectivity index (χ0v) is 12.4. The minimum Gasteiger partial charge on any atom is -0.492 e. The van der Waals surface area contributed by atoms with Gasteiger partial charge in [-0.1, -0.05) is 34.8 Å². The van der Waals surface area contributed by atoms with E-state index in [0.717, 1.165) is 0 Å². The minimum absolute atomic E-state index is 0.147. The summed E-state index contributed by atoms with van der Waals surface area (Å²) in [5.74, 6) is -0.664. The molecule has 1 aromatic rings. The quantitative estimate of drug-likeness (QED) is 0.772. The van der Waals surface area contributed by atoms with E-state index in [1.165, 1.54) is 12.1 Å². The maximum Gasteiger partial charge on any atom is 0.332 e. The fourth-order valence-corrected chi connectivity index (χ4v) is 1.96. The van der Waals surface area contributed by atoms with Crippen LogP contribution in [0.25, 0.3) is 0 Å². The molecule has 106 valence electrons. The van der Waals surface area contributed by atoms with Gasteiger partial charge in [0.15, 0.2) is 6.10 Å². The fraction of sp³-hybridized carbons (Fsp3) is 0.417. The molecule has 0 spiro atoms. The second kappa shape index (κ2) is 7.80. The topological polar surface area (TPSA) is 55.8 Å². The standard InChI is InChI=1S/C12H13Cl3O4/c1-2-18-10(12(16)17)3-4-19-11-6-8(14)7(13)5-9(11)15/h5-6,10H,2-4H2,1H3,(H,16,17). The third kappa shape index (κ3) is 5.07. The second-order valence-electron chi connectivity index (χ2n) is 3.62. The highest BCUT2D eigenvalue weighted by Crippen LogP contribution is 2.33. The first-order valence-corrected chi connectivity index (χ1v) is 6.70. The van der Waals surface area contributed by atoms with Crippen LogP contribution in [-0.2, 0) is 9.53 Å². The summed E-state index contributed by atoms with van der Waals surface area (Å²) in [5.41, 5.74) is 0. The average molecular weight is 328 g/mol. The van der Waals surface area contributed by atoms with Gasteiger partial charge in [-0.3, -0.25) is 0 Å². The Bertz CT molecular complexity index is 451. The molecule has 1 N–H and O–H groups in total. The van der Waals surface area contributed by atoms with Crippen molar-refractivity contribution in [2.45, 2.75) is 19.4 Å². The normalized spacial score (nSPS) is 12.2. The molecule has 0 saturated heterocycles. The van der Waals surface area contributed by atoms with Crippen molar-refractivity contribution >= 4 is 40.8 Å². The number of hydrogen-bond donors (Lipinski definition) is 1. The third-order valence-corrected chi connectivity index (χ3v) is 3.27. The molecule has 0 saturated carbocycles. The Labute approximate surface area is 126 Å². The molecule has 0 aliphatic carbocycles. The second-order valence-corrected chi connectivity index (χ2v) is 4.84. The highest BCUT2D eigenvalue weighted by molar-refractivity contribution is 6.43. The monoisotopic (exact) mass is 326 g/mol. The molecule has 4 nitrogen and oxygen atoms in total. The first-order valence-electron chi connectivity index (χ1n) is 5.57. The van der Waals surface area contributed by atoms with E-state index < -0.39 is 12.1 Å². The number of halogens is 3. The van der Waals surface area contributed by atoms with Gasteiger partial charge in [0, 0.05) is 19.1 Å². The number of carboxylic acid groups (broad SMARTS) is 1. The molecule has 7 heteroatoms. The Kier molecular flexibility index (Phi) is 6.72. The Balaban J connectivity index is 2.57. The number of aliphatic carboxylic acids is 1. The van der Waals surface area contributed by atoms with E-state index in [0.29, 0.717) is 27.4 Å². The van der Waals surface area contributed by atoms with E-state index in [4.69, 9.17) is 49.4 Å². The predicted molar refractivity (Wildman–Crippen MR) is 74.6 cm³/mol. The Morgan fingerprint density at radius 3 is 2.47 bits per heavy atom. The van der Waals surface area contributed by atoms with Crippen molar-refractivity contribution in [3.05, 3.63) is 27.2 Å². The largest absolute Gasteiger partial charge is 0.492 e. The van der Waals surface area contributed by atoms with E-state index in [1.807, 2.05) is 0 Å². The van der Waals surface area contributed by atoms with E-state index in [1.54, 1.807) is 6.92 Å². The summed E-state index contributed by atoms with van der Waals surface area (Å²) < 4.78 is 10.4. The molecule has 0 radical (unpaired) electrons. The molecule has 0 aliphatic heterocycles. The zero-order valence-electron chi connectivity index (χ0n) is 10.2. The third-order valence-electron chi connectivity index (χ3n) is 2.26. The highest BCUT2D eigenvalue weighted by Gasteiger charge is 2.17. The van der Waals surface area contributed by atoms with Crippen LogP contribution in [0.3, 0.4) is 0 Å². The lowest BCUT2D eigenvalue weighted by Gasteiger charge is -2.14. The SMILES string of the molecule is CCOC(CCOc1cc(Cl)c(Cl)cc1Cl)C(=O)O. The number of rotatable bonds is 7. The van der Waals surface area contributed by atoms with E-state index in [9.17, 15) is 4.79 Å².